The van der Waals surface area contributed by atoms with Crippen LogP contribution in [0, 0.1) is 15.9 Å². The fraction of sp³-hybridized carbons (Fsp3) is 0.250. The number of nitro groups is 1. The minimum atomic E-state index is -3.71. The van der Waals surface area contributed by atoms with Crippen molar-refractivity contribution in [2.45, 2.75) is 23.3 Å². The summed E-state index contributed by atoms with van der Waals surface area (Å²) >= 11 is 0. The van der Waals surface area contributed by atoms with Gasteiger partial charge in [-0.3, -0.25) is 10.1 Å². The van der Waals surface area contributed by atoms with Gasteiger partial charge in [0.05, 0.1) is 4.92 Å². The molecule has 1 aliphatic carbocycles. The molecule has 1 fully saturated rings. The number of benzene rings is 2. The maximum absolute atomic E-state index is 13.0. The molecular weight excluding hydrogens is 335 g/mol. The number of anilines is 1. The van der Waals surface area contributed by atoms with Crippen LogP contribution in [-0.2, 0) is 9.84 Å². The summed E-state index contributed by atoms with van der Waals surface area (Å²) in [6.07, 6.45) is 1.68. The van der Waals surface area contributed by atoms with E-state index >= 15 is 0 Å². The molecule has 2 aromatic rings. The topological polar surface area (TPSA) is 89.3 Å². The lowest BCUT2D eigenvalue weighted by Gasteiger charge is -2.09. The van der Waals surface area contributed by atoms with Gasteiger partial charge in [-0.2, -0.15) is 0 Å². The van der Waals surface area contributed by atoms with Crippen molar-refractivity contribution in [3.05, 3.63) is 64.0 Å². The van der Waals surface area contributed by atoms with Crippen LogP contribution >= 0.6 is 0 Å². The zero-order valence-corrected chi connectivity index (χ0v) is 13.6. The van der Waals surface area contributed by atoms with Gasteiger partial charge in [-0.25, -0.2) is 12.8 Å². The molecule has 0 bridgehead atoms. The predicted octanol–water partition coefficient (Wildman–Crippen LogP) is 3.11. The van der Waals surface area contributed by atoms with Crippen molar-refractivity contribution in [2.24, 2.45) is 0 Å². The van der Waals surface area contributed by atoms with E-state index in [1.807, 2.05) is 0 Å². The van der Waals surface area contributed by atoms with Crippen molar-refractivity contribution >= 4 is 21.2 Å². The van der Waals surface area contributed by atoms with Gasteiger partial charge in [0.2, 0.25) is 0 Å². The summed E-state index contributed by atoms with van der Waals surface area (Å²) in [4.78, 5) is 10.3. The number of nitro benzene ring substituents is 1. The third kappa shape index (κ3) is 3.23. The van der Waals surface area contributed by atoms with Crippen LogP contribution in [0.3, 0.4) is 0 Å². The molecule has 1 aliphatic rings. The standard InChI is InChI=1S/C16H15FN2O4S/c1-24(22,23)15-4-2-3-13(16(15)19(20)21)18-14-9-12(14)10-5-7-11(17)8-6-10/h2-8,12,14,18H,9H2,1H3/t12-,14+/m0/s1. The van der Waals surface area contributed by atoms with Gasteiger partial charge < -0.3 is 5.32 Å². The van der Waals surface area contributed by atoms with Crippen molar-refractivity contribution < 1.29 is 17.7 Å². The van der Waals surface area contributed by atoms with Crippen LogP contribution in [0.4, 0.5) is 15.8 Å². The number of para-hydroxylation sites is 1. The third-order valence-corrected chi connectivity index (χ3v) is 5.14. The molecule has 0 heterocycles. The summed E-state index contributed by atoms with van der Waals surface area (Å²) in [7, 11) is -3.71. The van der Waals surface area contributed by atoms with Crippen molar-refractivity contribution in [1.82, 2.24) is 0 Å². The van der Waals surface area contributed by atoms with Crippen LogP contribution in [0.25, 0.3) is 0 Å². The fourth-order valence-corrected chi connectivity index (χ4v) is 3.62. The summed E-state index contributed by atoms with van der Waals surface area (Å²) in [6.45, 7) is 0. The molecule has 0 radical (unpaired) electrons. The largest absolute Gasteiger partial charge is 0.376 e. The highest BCUT2D eigenvalue weighted by Gasteiger charge is 2.40. The zero-order valence-electron chi connectivity index (χ0n) is 12.8. The van der Waals surface area contributed by atoms with Gasteiger partial charge >= 0.3 is 5.69 Å². The molecule has 24 heavy (non-hydrogen) atoms. The van der Waals surface area contributed by atoms with Crippen molar-refractivity contribution in [3.63, 3.8) is 0 Å². The van der Waals surface area contributed by atoms with E-state index in [2.05, 4.69) is 5.32 Å². The first-order valence-corrected chi connectivity index (χ1v) is 9.16. The number of nitrogens with zero attached hydrogens (tertiary/aromatic N) is 1. The van der Waals surface area contributed by atoms with Crippen LogP contribution in [-0.4, -0.2) is 25.6 Å². The van der Waals surface area contributed by atoms with Crippen LogP contribution in [0.15, 0.2) is 47.4 Å². The van der Waals surface area contributed by atoms with Gasteiger partial charge in [-0.1, -0.05) is 18.2 Å². The summed E-state index contributed by atoms with van der Waals surface area (Å²) in [6, 6.07) is 10.3. The van der Waals surface area contributed by atoms with Gasteiger partial charge in [0, 0.05) is 18.2 Å². The normalized spacial score (nSPS) is 19.8. The number of hydrogen-bond acceptors (Lipinski definition) is 5. The number of nitrogens with one attached hydrogen (secondary N) is 1. The molecule has 0 aliphatic heterocycles. The van der Waals surface area contributed by atoms with Crippen LogP contribution in [0.2, 0.25) is 0 Å². The lowest BCUT2D eigenvalue weighted by molar-refractivity contribution is -0.386. The van der Waals surface area contributed by atoms with E-state index in [0.717, 1.165) is 18.2 Å². The van der Waals surface area contributed by atoms with Crippen LogP contribution < -0.4 is 5.32 Å². The van der Waals surface area contributed by atoms with Crippen LogP contribution in [0.5, 0.6) is 0 Å². The Labute approximate surface area is 138 Å². The highest BCUT2D eigenvalue weighted by Crippen LogP contribution is 2.44. The summed E-state index contributed by atoms with van der Waals surface area (Å²) in [5, 5.41) is 14.4. The van der Waals surface area contributed by atoms with E-state index in [9.17, 15) is 22.9 Å². The van der Waals surface area contributed by atoms with Gasteiger partial charge in [-0.05, 0) is 36.2 Å². The van der Waals surface area contributed by atoms with Crippen molar-refractivity contribution in [2.75, 3.05) is 11.6 Å². The van der Waals surface area contributed by atoms with Crippen LogP contribution in [0.1, 0.15) is 17.9 Å². The molecule has 2 aromatic carbocycles. The molecular formula is C16H15FN2O4S. The summed E-state index contributed by atoms with van der Waals surface area (Å²) in [5.74, 6) is -0.201. The predicted molar refractivity (Wildman–Crippen MR) is 87.4 cm³/mol. The maximum atomic E-state index is 13.0. The number of hydrogen-bond donors (Lipinski definition) is 1. The molecule has 0 unspecified atom stereocenters. The Balaban J connectivity index is 1.87. The zero-order chi connectivity index (χ0) is 17.5. The van der Waals surface area contributed by atoms with Gasteiger partial charge in [-0.15, -0.1) is 0 Å². The summed E-state index contributed by atoms with van der Waals surface area (Å²) < 4.78 is 36.5. The quantitative estimate of drug-likeness (QED) is 0.661. The van der Waals surface area contributed by atoms with E-state index in [4.69, 9.17) is 0 Å². The molecule has 1 N–H and O–H groups in total. The Bertz CT molecular complexity index is 897. The number of rotatable bonds is 5. The Morgan fingerprint density at radius 1 is 1.21 bits per heavy atom. The molecule has 0 saturated heterocycles. The van der Waals surface area contributed by atoms with Gasteiger partial charge in [0.1, 0.15) is 16.4 Å². The first-order chi connectivity index (χ1) is 11.3. The van der Waals surface area contributed by atoms with E-state index in [-0.39, 0.29) is 28.4 Å². The lowest BCUT2D eigenvalue weighted by Crippen LogP contribution is -2.10. The monoisotopic (exact) mass is 350 g/mol. The molecule has 0 aromatic heterocycles. The summed E-state index contributed by atoms with van der Waals surface area (Å²) in [5.41, 5.74) is 0.679. The average molecular weight is 350 g/mol. The molecule has 3 rings (SSSR count). The first-order valence-electron chi connectivity index (χ1n) is 7.27. The SMILES string of the molecule is CS(=O)(=O)c1cccc(N[C@@H]2C[C@H]2c2ccc(F)cc2)c1[N+](=O)[O-]. The average Bonchev–Trinajstić information content (AvgIpc) is 3.26. The molecule has 1 saturated carbocycles. The molecule has 6 nitrogen and oxygen atoms in total. The lowest BCUT2D eigenvalue weighted by atomic mass is 10.1. The Morgan fingerprint density at radius 3 is 2.46 bits per heavy atom. The number of sulfone groups is 1. The minimum absolute atomic E-state index is 0.0519. The van der Waals surface area contributed by atoms with Gasteiger partial charge in [0.25, 0.3) is 0 Å². The first kappa shape index (κ1) is 16.4. The molecule has 126 valence electrons. The second-order valence-electron chi connectivity index (χ2n) is 5.83. The minimum Gasteiger partial charge on any atom is -0.376 e. The fourth-order valence-electron chi connectivity index (χ4n) is 2.76. The molecule has 0 amide bonds. The smallest absolute Gasteiger partial charge is 0.310 e. The van der Waals surface area contributed by atoms with Crippen molar-refractivity contribution in [1.29, 1.82) is 0 Å². The molecule has 2 atom stereocenters. The molecule has 8 heteroatoms. The maximum Gasteiger partial charge on any atom is 0.310 e. The van der Waals surface area contributed by atoms with E-state index in [0.29, 0.717) is 0 Å². The van der Waals surface area contributed by atoms with E-state index < -0.39 is 20.4 Å². The van der Waals surface area contributed by atoms with Gasteiger partial charge in [0.15, 0.2) is 9.84 Å². The van der Waals surface area contributed by atoms with E-state index in [1.54, 1.807) is 12.1 Å². The highest BCUT2D eigenvalue weighted by molar-refractivity contribution is 7.90. The Morgan fingerprint density at radius 2 is 1.88 bits per heavy atom. The molecule has 0 spiro atoms. The number of halogens is 1. The second-order valence-corrected chi connectivity index (χ2v) is 7.81. The Hall–Kier alpha value is -2.48. The highest BCUT2D eigenvalue weighted by atomic mass is 32.2. The Kier molecular flexibility index (Phi) is 4.00. The van der Waals surface area contributed by atoms with Crippen molar-refractivity contribution in [3.8, 4) is 0 Å². The van der Waals surface area contributed by atoms with E-state index in [1.165, 1.54) is 30.3 Å². The third-order valence-electron chi connectivity index (χ3n) is 4.01. The second kappa shape index (κ2) is 5.86.